The average molecular weight is 565 g/mol. The number of anilines is 3. The third kappa shape index (κ3) is 3.49. The van der Waals surface area contributed by atoms with Crippen LogP contribution in [-0.4, -0.2) is 0 Å². The molecule has 1 nitrogen and oxygen atoms in total. The number of benzene rings is 5. The molecular weight excluding hydrogens is 537 g/mol. The molecule has 1 aliphatic carbocycles. The van der Waals surface area contributed by atoms with Gasteiger partial charge in [0, 0.05) is 25.7 Å². The molecule has 0 aromatic heterocycles. The Labute approximate surface area is 221 Å². The summed E-state index contributed by atoms with van der Waals surface area (Å²) < 4.78 is 1.31. The molecule has 0 saturated carbocycles. The van der Waals surface area contributed by atoms with E-state index in [1.54, 1.807) is 0 Å². The van der Waals surface area contributed by atoms with Crippen LogP contribution in [0.3, 0.4) is 0 Å². The van der Waals surface area contributed by atoms with Crippen molar-refractivity contribution in [2.75, 3.05) is 4.90 Å². The summed E-state index contributed by atoms with van der Waals surface area (Å²) in [5.41, 5.74) is 9.35. The maximum atomic E-state index is 2.46. The molecule has 0 unspecified atom stereocenters. The molecule has 1 aliphatic rings. The van der Waals surface area contributed by atoms with Gasteiger partial charge in [-0.3, -0.25) is 0 Å². The van der Waals surface area contributed by atoms with E-state index in [9.17, 15) is 0 Å². The van der Waals surface area contributed by atoms with Gasteiger partial charge in [0.05, 0.1) is 5.69 Å². The van der Waals surface area contributed by atoms with Gasteiger partial charge in [0.25, 0.3) is 0 Å². The van der Waals surface area contributed by atoms with E-state index in [-0.39, 0.29) is 5.41 Å². The van der Waals surface area contributed by atoms with Crippen LogP contribution in [0, 0.1) is 3.57 Å². The van der Waals surface area contributed by atoms with Crippen molar-refractivity contribution in [2.45, 2.75) is 32.1 Å². The minimum absolute atomic E-state index is 0.0446. The van der Waals surface area contributed by atoms with E-state index < -0.39 is 0 Å². The van der Waals surface area contributed by atoms with Gasteiger partial charge in [-0.2, -0.15) is 0 Å². The third-order valence-electron chi connectivity index (χ3n) is 7.79. The predicted molar refractivity (Wildman–Crippen MR) is 158 cm³/mol. The lowest BCUT2D eigenvalue weighted by Gasteiger charge is -2.32. The highest BCUT2D eigenvalue weighted by Crippen LogP contribution is 2.54. The molecule has 5 aromatic rings. The maximum Gasteiger partial charge on any atom is 0.0540 e. The zero-order valence-electron chi connectivity index (χ0n) is 20.1. The monoisotopic (exact) mass is 565 g/mol. The highest BCUT2D eigenvalue weighted by molar-refractivity contribution is 14.1. The molecule has 0 bridgehead atoms. The molecule has 172 valence electrons. The summed E-state index contributed by atoms with van der Waals surface area (Å²) >= 11 is 2.45. The molecular formula is C33H28IN. The van der Waals surface area contributed by atoms with Crippen molar-refractivity contribution in [3.8, 4) is 11.1 Å². The number of hydrogen-bond donors (Lipinski definition) is 0. The molecule has 6 rings (SSSR count). The van der Waals surface area contributed by atoms with E-state index in [4.69, 9.17) is 0 Å². The molecule has 5 aromatic carbocycles. The summed E-state index contributed by atoms with van der Waals surface area (Å²) in [6.07, 6.45) is 2.18. The van der Waals surface area contributed by atoms with Crippen LogP contribution in [0.5, 0.6) is 0 Å². The molecule has 0 heterocycles. The Bertz CT molecular complexity index is 1530. The van der Waals surface area contributed by atoms with Gasteiger partial charge >= 0.3 is 0 Å². The van der Waals surface area contributed by atoms with Gasteiger partial charge in [-0.15, -0.1) is 0 Å². The molecule has 0 amide bonds. The summed E-state index contributed by atoms with van der Waals surface area (Å²) in [5.74, 6) is 0. The fourth-order valence-electron chi connectivity index (χ4n) is 6.01. The second kappa shape index (κ2) is 8.83. The first kappa shape index (κ1) is 22.4. The van der Waals surface area contributed by atoms with Crippen LogP contribution in [0.15, 0.2) is 109 Å². The lowest BCUT2D eigenvalue weighted by atomic mass is 9.74. The van der Waals surface area contributed by atoms with Gasteiger partial charge in [-0.25, -0.2) is 0 Å². The van der Waals surface area contributed by atoms with E-state index in [1.165, 1.54) is 53.7 Å². The normalized spacial score (nSPS) is 13.5. The fraction of sp³-hybridized carbons (Fsp3) is 0.152. The first-order chi connectivity index (χ1) is 17.2. The highest BCUT2D eigenvalue weighted by Gasteiger charge is 2.41. The van der Waals surface area contributed by atoms with Crippen LogP contribution < -0.4 is 4.90 Å². The smallest absolute Gasteiger partial charge is 0.0540 e. The Kier molecular flexibility index (Phi) is 5.64. The van der Waals surface area contributed by atoms with Crippen molar-refractivity contribution in [1.29, 1.82) is 0 Å². The van der Waals surface area contributed by atoms with Crippen LogP contribution in [0.25, 0.3) is 21.9 Å². The van der Waals surface area contributed by atoms with Gasteiger partial charge in [0.1, 0.15) is 0 Å². The zero-order chi connectivity index (χ0) is 24.0. The fourth-order valence-corrected chi connectivity index (χ4v) is 6.51. The van der Waals surface area contributed by atoms with Crippen molar-refractivity contribution in [1.82, 2.24) is 0 Å². The maximum absolute atomic E-state index is 2.46. The number of hydrogen-bond acceptors (Lipinski definition) is 1. The van der Waals surface area contributed by atoms with E-state index >= 15 is 0 Å². The van der Waals surface area contributed by atoms with E-state index in [2.05, 4.69) is 151 Å². The Hall–Kier alpha value is -3.11. The minimum atomic E-state index is 0.0446. The van der Waals surface area contributed by atoms with Gasteiger partial charge in [0.15, 0.2) is 0 Å². The van der Waals surface area contributed by atoms with Crippen LogP contribution in [-0.2, 0) is 5.41 Å². The first-order valence-electron chi connectivity index (χ1n) is 12.4. The molecule has 0 N–H and O–H groups in total. The van der Waals surface area contributed by atoms with Crippen LogP contribution in [0.4, 0.5) is 17.1 Å². The van der Waals surface area contributed by atoms with E-state index in [0.29, 0.717) is 0 Å². The van der Waals surface area contributed by atoms with Gasteiger partial charge < -0.3 is 4.90 Å². The van der Waals surface area contributed by atoms with Crippen LogP contribution in [0.1, 0.15) is 37.8 Å². The Morgan fingerprint density at radius 1 is 0.629 bits per heavy atom. The van der Waals surface area contributed by atoms with E-state index in [1.807, 2.05) is 0 Å². The number of halogens is 1. The summed E-state index contributed by atoms with van der Waals surface area (Å²) in [7, 11) is 0. The lowest BCUT2D eigenvalue weighted by molar-refractivity contribution is 0.490. The minimum Gasteiger partial charge on any atom is -0.310 e. The molecule has 0 saturated heterocycles. The predicted octanol–water partition coefficient (Wildman–Crippen LogP) is 10.0. The van der Waals surface area contributed by atoms with Crippen molar-refractivity contribution >= 4 is 50.4 Å². The molecule has 0 aliphatic heterocycles. The highest BCUT2D eigenvalue weighted by atomic mass is 127. The molecule has 0 atom stereocenters. The van der Waals surface area contributed by atoms with Gasteiger partial charge in [-0.05, 0) is 106 Å². The van der Waals surface area contributed by atoms with Gasteiger partial charge in [-0.1, -0.05) is 80.6 Å². The topological polar surface area (TPSA) is 3.24 Å². The Morgan fingerprint density at radius 2 is 1.29 bits per heavy atom. The second-order valence-electron chi connectivity index (χ2n) is 9.38. The summed E-state index contributed by atoms with van der Waals surface area (Å²) in [6.45, 7) is 4.68. The van der Waals surface area contributed by atoms with Crippen LogP contribution >= 0.6 is 22.6 Å². The van der Waals surface area contributed by atoms with Crippen molar-refractivity contribution in [3.63, 3.8) is 0 Å². The Balaban J connectivity index is 1.61. The van der Waals surface area contributed by atoms with Crippen molar-refractivity contribution in [3.05, 3.63) is 124 Å². The standard InChI is InChI=1S/C33H28IN/c1-3-33(4-2)30-21-24(34)17-19-28(30)29-20-18-26(22-31(29)33)35(25-13-6-5-7-14-25)32-16-10-12-23-11-8-9-15-27(23)32/h5-22H,3-4H2,1-2H3. The van der Waals surface area contributed by atoms with Crippen LogP contribution in [0.2, 0.25) is 0 Å². The first-order valence-corrected chi connectivity index (χ1v) is 13.5. The summed E-state index contributed by atoms with van der Waals surface area (Å²) in [5, 5.41) is 2.51. The number of nitrogens with zero attached hydrogens (tertiary/aromatic N) is 1. The van der Waals surface area contributed by atoms with Crippen molar-refractivity contribution < 1.29 is 0 Å². The number of fused-ring (bicyclic) bond motifs is 4. The largest absolute Gasteiger partial charge is 0.310 e. The molecule has 0 radical (unpaired) electrons. The summed E-state index contributed by atoms with van der Waals surface area (Å²) in [4.78, 5) is 2.42. The third-order valence-corrected chi connectivity index (χ3v) is 8.46. The molecule has 0 fully saturated rings. The lowest BCUT2D eigenvalue weighted by Crippen LogP contribution is -2.23. The number of rotatable bonds is 5. The zero-order valence-corrected chi connectivity index (χ0v) is 22.3. The van der Waals surface area contributed by atoms with Crippen molar-refractivity contribution in [2.24, 2.45) is 0 Å². The average Bonchev–Trinajstić information content (AvgIpc) is 3.18. The summed E-state index contributed by atoms with van der Waals surface area (Å²) in [6, 6.07) is 40.1. The quantitative estimate of drug-likeness (QED) is 0.192. The van der Waals surface area contributed by atoms with Gasteiger partial charge in [0.2, 0.25) is 0 Å². The molecule has 2 heteroatoms. The Morgan fingerprint density at radius 3 is 2.06 bits per heavy atom. The van der Waals surface area contributed by atoms with E-state index in [0.717, 1.165) is 12.8 Å². The second-order valence-corrected chi connectivity index (χ2v) is 10.6. The molecule has 35 heavy (non-hydrogen) atoms. The SMILES string of the molecule is CCC1(CC)c2cc(I)ccc2-c2ccc(N(c3ccccc3)c3cccc4ccccc34)cc21. The molecule has 0 spiro atoms. The number of para-hydroxylation sites is 1.